The summed E-state index contributed by atoms with van der Waals surface area (Å²) in [6.45, 7) is -1.52. The van der Waals surface area contributed by atoms with Crippen molar-refractivity contribution >= 4 is 21.6 Å². The van der Waals surface area contributed by atoms with Crippen LogP contribution in [0.25, 0.3) is 0 Å². The normalized spacial score (nSPS) is 11.6. The number of ether oxygens (including phenoxy) is 1. The molecule has 1 amide bonds. The van der Waals surface area contributed by atoms with E-state index in [0.29, 0.717) is 11.5 Å². The van der Waals surface area contributed by atoms with E-state index in [4.69, 9.17) is 4.74 Å². The summed E-state index contributed by atoms with van der Waals surface area (Å²) < 4.78 is 69.9. The first kappa shape index (κ1) is 22.1. The number of benzene rings is 2. The Morgan fingerprint density at radius 2 is 1.61 bits per heavy atom. The van der Waals surface area contributed by atoms with Gasteiger partial charge >= 0.3 is 6.18 Å². The first-order chi connectivity index (χ1) is 14.6. The van der Waals surface area contributed by atoms with Gasteiger partial charge in [-0.2, -0.15) is 13.2 Å². The predicted molar refractivity (Wildman–Crippen MR) is 106 cm³/mol. The molecule has 0 aliphatic carbocycles. The van der Waals surface area contributed by atoms with Crippen molar-refractivity contribution in [3.63, 3.8) is 0 Å². The van der Waals surface area contributed by atoms with Crippen molar-refractivity contribution in [2.75, 3.05) is 11.3 Å². The third kappa shape index (κ3) is 6.44. The van der Waals surface area contributed by atoms with E-state index < -0.39 is 28.7 Å². The Hall–Kier alpha value is -3.60. The Bertz CT molecular complexity index is 1150. The fraction of sp³-hybridized carbons (Fsp3) is 0.100. The number of carbonyl (C=O) groups excluding carboxylic acids is 1. The van der Waals surface area contributed by atoms with Crippen LogP contribution >= 0.6 is 0 Å². The number of amides is 1. The Kier molecular flexibility index (Phi) is 6.44. The predicted octanol–water partition coefficient (Wildman–Crippen LogP) is 3.97. The molecule has 0 aliphatic rings. The standard InChI is InChI=1S/C20H16F3N3O4S/c21-20(22,23)13-25-19(27)14-2-1-3-18(12-14)31(28,29)26-15-4-6-16(7-5-15)30-17-8-10-24-11-9-17/h1-12,26H,13H2,(H,25,27). The number of alkyl halides is 3. The van der Waals surface area contributed by atoms with E-state index in [-0.39, 0.29) is 16.1 Å². The number of sulfonamides is 1. The van der Waals surface area contributed by atoms with Gasteiger partial charge in [0.15, 0.2) is 0 Å². The van der Waals surface area contributed by atoms with Gasteiger partial charge in [-0.05, 0) is 54.6 Å². The summed E-state index contributed by atoms with van der Waals surface area (Å²) in [4.78, 5) is 15.5. The number of carbonyl (C=O) groups is 1. The van der Waals surface area contributed by atoms with Crippen molar-refractivity contribution < 1.29 is 31.1 Å². The van der Waals surface area contributed by atoms with Crippen LogP contribution in [-0.4, -0.2) is 32.0 Å². The zero-order valence-corrected chi connectivity index (χ0v) is 16.6. The smallest absolute Gasteiger partial charge is 0.405 e. The minimum absolute atomic E-state index is 0.215. The fourth-order valence-corrected chi connectivity index (χ4v) is 3.54. The quantitative estimate of drug-likeness (QED) is 0.567. The summed E-state index contributed by atoms with van der Waals surface area (Å²) in [5.41, 5.74) is 0.0160. The van der Waals surface area contributed by atoms with Crippen LogP contribution in [0.4, 0.5) is 18.9 Å². The minimum Gasteiger partial charge on any atom is -0.457 e. The summed E-state index contributed by atoms with van der Waals surface area (Å²) in [5.74, 6) is -0.00610. The summed E-state index contributed by atoms with van der Waals surface area (Å²) in [5, 5.41) is 1.70. The molecular formula is C20H16F3N3O4S. The third-order valence-corrected chi connectivity index (χ3v) is 5.23. The lowest BCUT2D eigenvalue weighted by atomic mass is 10.2. The van der Waals surface area contributed by atoms with Crippen LogP contribution in [0.15, 0.2) is 78.0 Å². The van der Waals surface area contributed by atoms with Crippen molar-refractivity contribution in [1.82, 2.24) is 10.3 Å². The highest BCUT2D eigenvalue weighted by molar-refractivity contribution is 7.92. The van der Waals surface area contributed by atoms with E-state index in [1.165, 1.54) is 30.3 Å². The molecule has 0 radical (unpaired) electrons. The number of nitrogens with zero attached hydrogens (tertiary/aromatic N) is 1. The highest BCUT2D eigenvalue weighted by Gasteiger charge is 2.28. The van der Waals surface area contributed by atoms with E-state index in [1.807, 2.05) is 0 Å². The maximum absolute atomic E-state index is 12.6. The first-order valence-electron chi connectivity index (χ1n) is 8.78. The average molecular weight is 451 g/mol. The SMILES string of the molecule is O=C(NCC(F)(F)F)c1cccc(S(=O)(=O)Nc2ccc(Oc3ccncc3)cc2)c1. The van der Waals surface area contributed by atoms with Gasteiger partial charge in [0.05, 0.1) is 4.90 Å². The number of hydrogen-bond donors (Lipinski definition) is 2. The van der Waals surface area contributed by atoms with Crippen molar-refractivity contribution in [1.29, 1.82) is 0 Å². The zero-order valence-electron chi connectivity index (χ0n) is 15.8. The van der Waals surface area contributed by atoms with E-state index in [9.17, 15) is 26.4 Å². The van der Waals surface area contributed by atoms with Crippen molar-refractivity contribution in [2.45, 2.75) is 11.1 Å². The molecule has 0 atom stereocenters. The summed E-state index contributed by atoms with van der Waals surface area (Å²) in [7, 11) is -4.09. The van der Waals surface area contributed by atoms with Gasteiger partial charge in [0.2, 0.25) is 0 Å². The van der Waals surface area contributed by atoms with E-state index in [0.717, 1.165) is 6.07 Å². The van der Waals surface area contributed by atoms with Crippen molar-refractivity contribution in [3.8, 4) is 11.5 Å². The number of halogens is 3. The molecule has 0 fully saturated rings. The lowest BCUT2D eigenvalue weighted by Gasteiger charge is -2.11. The number of anilines is 1. The van der Waals surface area contributed by atoms with Gasteiger partial charge in [-0.3, -0.25) is 14.5 Å². The van der Waals surface area contributed by atoms with Gasteiger partial charge in [0, 0.05) is 23.6 Å². The molecule has 1 aromatic heterocycles. The second kappa shape index (κ2) is 9.04. The lowest BCUT2D eigenvalue weighted by Crippen LogP contribution is -2.33. The van der Waals surface area contributed by atoms with Crippen LogP contribution in [-0.2, 0) is 10.0 Å². The molecule has 0 bridgehead atoms. The van der Waals surface area contributed by atoms with Crippen molar-refractivity contribution in [2.24, 2.45) is 0 Å². The van der Waals surface area contributed by atoms with Gasteiger partial charge in [-0.1, -0.05) is 6.07 Å². The molecule has 162 valence electrons. The van der Waals surface area contributed by atoms with Gasteiger partial charge in [0.25, 0.3) is 15.9 Å². The lowest BCUT2D eigenvalue weighted by molar-refractivity contribution is -0.123. The second-order valence-electron chi connectivity index (χ2n) is 6.24. The highest BCUT2D eigenvalue weighted by atomic mass is 32.2. The Labute approximate surface area is 175 Å². The summed E-state index contributed by atoms with van der Waals surface area (Å²) in [6.07, 6.45) is -1.45. The first-order valence-corrected chi connectivity index (χ1v) is 10.3. The molecule has 0 saturated heterocycles. The van der Waals surface area contributed by atoms with Crippen LogP contribution in [0.3, 0.4) is 0 Å². The highest BCUT2D eigenvalue weighted by Crippen LogP contribution is 2.24. The van der Waals surface area contributed by atoms with Gasteiger partial charge < -0.3 is 10.1 Å². The second-order valence-corrected chi connectivity index (χ2v) is 7.92. The Balaban J connectivity index is 1.70. The summed E-state index contributed by atoms with van der Waals surface area (Å²) in [6, 6.07) is 14.1. The van der Waals surface area contributed by atoms with E-state index >= 15 is 0 Å². The topological polar surface area (TPSA) is 97.4 Å². The van der Waals surface area contributed by atoms with Crippen LogP contribution in [0.1, 0.15) is 10.4 Å². The fourth-order valence-electron chi connectivity index (χ4n) is 2.43. The van der Waals surface area contributed by atoms with Crippen LogP contribution in [0.5, 0.6) is 11.5 Å². The molecule has 3 rings (SSSR count). The number of rotatable bonds is 7. The molecule has 11 heteroatoms. The van der Waals surface area contributed by atoms with Crippen molar-refractivity contribution in [3.05, 3.63) is 78.6 Å². The van der Waals surface area contributed by atoms with Crippen LogP contribution < -0.4 is 14.8 Å². The number of nitrogens with one attached hydrogen (secondary N) is 2. The third-order valence-electron chi connectivity index (χ3n) is 3.85. The Morgan fingerprint density at radius 1 is 0.968 bits per heavy atom. The molecule has 7 nitrogen and oxygen atoms in total. The molecule has 31 heavy (non-hydrogen) atoms. The number of aromatic nitrogens is 1. The maximum atomic E-state index is 12.6. The van der Waals surface area contributed by atoms with Gasteiger partial charge in [-0.15, -0.1) is 0 Å². The monoisotopic (exact) mass is 451 g/mol. The average Bonchev–Trinajstić information content (AvgIpc) is 2.73. The van der Waals surface area contributed by atoms with Gasteiger partial charge in [0.1, 0.15) is 18.0 Å². The number of pyridine rings is 1. The molecule has 0 aliphatic heterocycles. The zero-order chi connectivity index (χ0) is 22.5. The molecule has 0 unspecified atom stereocenters. The number of hydrogen-bond acceptors (Lipinski definition) is 5. The maximum Gasteiger partial charge on any atom is 0.405 e. The Morgan fingerprint density at radius 3 is 2.26 bits per heavy atom. The molecule has 3 aromatic rings. The molecule has 2 aromatic carbocycles. The molecule has 2 N–H and O–H groups in total. The summed E-state index contributed by atoms with van der Waals surface area (Å²) >= 11 is 0. The van der Waals surface area contributed by atoms with E-state index in [2.05, 4.69) is 9.71 Å². The van der Waals surface area contributed by atoms with Gasteiger partial charge in [-0.25, -0.2) is 8.42 Å². The molecule has 1 heterocycles. The molecule has 0 spiro atoms. The van der Waals surface area contributed by atoms with Crippen LogP contribution in [0, 0.1) is 0 Å². The minimum atomic E-state index is -4.58. The molecular weight excluding hydrogens is 435 g/mol. The largest absolute Gasteiger partial charge is 0.457 e. The van der Waals surface area contributed by atoms with E-state index in [1.54, 1.807) is 42.0 Å². The molecule has 0 saturated carbocycles. The van der Waals surface area contributed by atoms with Crippen LogP contribution in [0.2, 0.25) is 0 Å².